The summed E-state index contributed by atoms with van der Waals surface area (Å²) in [6.45, 7) is 3.83. The minimum atomic E-state index is -0.219. The number of anilines is 3. The van der Waals surface area contributed by atoms with Crippen LogP contribution in [-0.4, -0.2) is 46.8 Å². The normalized spacial score (nSPS) is 10.3. The van der Waals surface area contributed by atoms with Gasteiger partial charge in [-0.3, -0.25) is 4.79 Å². The van der Waals surface area contributed by atoms with Crippen LogP contribution in [0.2, 0.25) is 0 Å². The quantitative estimate of drug-likeness (QED) is 0.235. The first kappa shape index (κ1) is 20.6. The number of nitrogen functional groups attached to an aromatic ring is 1. The summed E-state index contributed by atoms with van der Waals surface area (Å²) < 4.78 is 4.16. The number of rotatable bonds is 9. The Morgan fingerprint density at radius 3 is 2.67 bits per heavy atom. The highest BCUT2D eigenvalue weighted by Crippen LogP contribution is 2.26. The summed E-state index contributed by atoms with van der Waals surface area (Å²) in [5.41, 5.74) is 8.00. The largest absolute Gasteiger partial charge is 0.395 e. The molecule has 2 aromatic rings. The second-order valence-corrected chi connectivity index (χ2v) is 6.53. The number of aryl methyl sites for hydroxylation is 1. The fourth-order valence-electron chi connectivity index (χ4n) is 2.52. The molecule has 0 unspecified atom stereocenters. The Bertz CT molecular complexity index is 827. The number of hydrogen-bond donors (Lipinski definition) is 5. The molecule has 27 heavy (non-hydrogen) atoms. The molecule has 9 nitrogen and oxygen atoms in total. The standard InChI is InChI=1S/C17H22N6O3S/c1-11-14(10-18)17(27-22-11)21-20-15-4-3-13(9-16(15)19-12(2)26)23(5-7-24)6-8-25/h3-4,9,20-21,24-25H,5-8H2,1-2H3,(H,19,26)/p+1. The first-order valence-electron chi connectivity index (χ1n) is 8.34. The van der Waals surface area contributed by atoms with Gasteiger partial charge in [-0.2, -0.15) is 9.64 Å². The predicted molar refractivity (Wildman–Crippen MR) is 104 cm³/mol. The molecule has 0 spiro atoms. The summed E-state index contributed by atoms with van der Waals surface area (Å²) in [4.78, 5) is 13.4. The van der Waals surface area contributed by atoms with Crippen molar-refractivity contribution in [3.8, 4) is 6.07 Å². The first-order valence-corrected chi connectivity index (χ1v) is 9.12. The van der Waals surface area contributed by atoms with Crippen LogP contribution in [0.15, 0.2) is 18.2 Å². The molecule has 2 rings (SSSR count). The van der Waals surface area contributed by atoms with E-state index >= 15 is 0 Å². The van der Waals surface area contributed by atoms with E-state index in [-0.39, 0.29) is 19.1 Å². The molecule has 0 radical (unpaired) electrons. The zero-order valence-corrected chi connectivity index (χ0v) is 16.0. The molecule has 0 saturated carbocycles. The highest BCUT2D eigenvalue weighted by atomic mass is 32.1. The molecule has 1 heterocycles. The maximum atomic E-state index is 11.6. The van der Waals surface area contributed by atoms with E-state index in [0.29, 0.717) is 35.0 Å². The molecule has 1 aromatic heterocycles. The number of aromatic nitrogens is 1. The summed E-state index contributed by atoms with van der Waals surface area (Å²) in [6, 6.07) is 7.56. The van der Waals surface area contributed by atoms with E-state index in [2.05, 4.69) is 21.2 Å². The second-order valence-electron chi connectivity index (χ2n) is 5.76. The Hall–Kier alpha value is -2.71. The van der Waals surface area contributed by atoms with Gasteiger partial charge in [0, 0.05) is 31.8 Å². The average molecular weight is 391 g/mol. The van der Waals surface area contributed by atoms with E-state index in [1.54, 1.807) is 18.4 Å². The Kier molecular flexibility index (Phi) is 7.51. The van der Waals surface area contributed by atoms with Gasteiger partial charge in [0.2, 0.25) is 5.91 Å². The van der Waals surface area contributed by atoms with Crippen LogP contribution in [0.3, 0.4) is 0 Å². The third-order valence-electron chi connectivity index (χ3n) is 3.79. The monoisotopic (exact) mass is 391 g/mol. The van der Waals surface area contributed by atoms with Gasteiger partial charge in [-0.05, 0) is 30.6 Å². The molecular formula is C17H23N6O3S+. The van der Waals surface area contributed by atoms with E-state index in [1.165, 1.54) is 18.5 Å². The van der Waals surface area contributed by atoms with Gasteiger partial charge < -0.3 is 20.4 Å². The number of carbonyl (C=O) groups excluding carboxylic acids is 1. The van der Waals surface area contributed by atoms with E-state index in [4.69, 9.17) is 0 Å². The lowest BCUT2D eigenvalue weighted by Gasteiger charge is -2.23. The molecule has 0 aliphatic carbocycles. The third-order valence-corrected chi connectivity index (χ3v) is 4.66. The maximum Gasteiger partial charge on any atom is 0.221 e. The van der Waals surface area contributed by atoms with Gasteiger partial charge in [-0.1, -0.05) is 0 Å². The molecule has 0 fully saturated rings. The topological polar surface area (TPSA) is 138 Å². The Balaban J connectivity index is 2.26. The fourth-order valence-corrected chi connectivity index (χ4v) is 3.24. The van der Waals surface area contributed by atoms with Crippen molar-refractivity contribution < 1.29 is 20.4 Å². The van der Waals surface area contributed by atoms with Gasteiger partial charge in [-0.25, -0.2) is 10.9 Å². The van der Waals surface area contributed by atoms with Crippen LogP contribution >= 0.6 is 11.5 Å². The number of amides is 1. The predicted octanol–water partition coefficient (Wildman–Crippen LogP) is 0.295. The van der Waals surface area contributed by atoms with E-state index in [1.807, 2.05) is 17.0 Å². The number of hydrogen-bond acceptors (Lipinski definition) is 8. The summed E-state index contributed by atoms with van der Waals surface area (Å²) in [5, 5.41) is 31.1. The highest BCUT2D eigenvalue weighted by molar-refractivity contribution is 7.10. The summed E-state index contributed by atoms with van der Waals surface area (Å²) >= 11 is 1.20. The number of nitriles is 1. The minimum Gasteiger partial charge on any atom is -0.395 e. The third kappa shape index (κ3) is 5.38. The lowest BCUT2D eigenvalue weighted by molar-refractivity contribution is -0.537. The van der Waals surface area contributed by atoms with Crippen molar-refractivity contribution in [1.82, 2.24) is 4.37 Å². The van der Waals surface area contributed by atoms with Crippen LogP contribution in [-0.2, 0) is 4.79 Å². The van der Waals surface area contributed by atoms with Crippen molar-refractivity contribution in [2.24, 2.45) is 0 Å². The van der Waals surface area contributed by atoms with Crippen molar-refractivity contribution in [2.75, 3.05) is 41.9 Å². The van der Waals surface area contributed by atoms with Gasteiger partial charge in [0.15, 0.2) is 10.7 Å². The van der Waals surface area contributed by atoms with Crippen LogP contribution in [0, 0.1) is 18.3 Å². The van der Waals surface area contributed by atoms with Crippen molar-refractivity contribution in [3.63, 3.8) is 0 Å². The van der Waals surface area contributed by atoms with E-state index in [0.717, 1.165) is 11.4 Å². The second kappa shape index (κ2) is 9.84. The van der Waals surface area contributed by atoms with Gasteiger partial charge in [0.05, 0.1) is 18.9 Å². The number of carbonyl (C=O) groups is 1. The van der Waals surface area contributed by atoms with Crippen LogP contribution in [0.1, 0.15) is 18.2 Å². The van der Waals surface area contributed by atoms with Crippen molar-refractivity contribution >= 4 is 39.5 Å². The molecule has 0 bridgehead atoms. The van der Waals surface area contributed by atoms with Gasteiger partial charge in [0.1, 0.15) is 17.3 Å². The number of aliphatic hydroxyl groups excluding tert-OH is 2. The van der Waals surface area contributed by atoms with Crippen LogP contribution in [0.4, 0.5) is 22.1 Å². The SMILES string of the molecule is CC(=O)Nc1cc(N(CCO)CCO)ccc1[NH2+]Nc1snc(C)c1C#N. The Morgan fingerprint density at radius 2 is 2.07 bits per heavy atom. The van der Waals surface area contributed by atoms with Crippen LogP contribution in [0.5, 0.6) is 0 Å². The first-order chi connectivity index (χ1) is 13.0. The number of nitrogens with two attached hydrogens (primary N) is 1. The van der Waals surface area contributed by atoms with E-state index in [9.17, 15) is 20.3 Å². The summed E-state index contributed by atoms with van der Waals surface area (Å²) in [6.07, 6.45) is 0. The number of nitrogens with one attached hydrogen (secondary N) is 2. The fraction of sp³-hybridized carbons (Fsp3) is 0.353. The van der Waals surface area contributed by atoms with Gasteiger partial charge in [-0.15, -0.1) is 0 Å². The average Bonchev–Trinajstić information content (AvgIpc) is 2.99. The van der Waals surface area contributed by atoms with Gasteiger partial charge in [0.25, 0.3) is 0 Å². The molecule has 10 heteroatoms. The molecule has 0 saturated heterocycles. The molecular weight excluding hydrogens is 368 g/mol. The van der Waals surface area contributed by atoms with Crippen molar-refractivity contribution in [2.45, 2.75) is 13.8 Å². The molecule has 1 amide bonds. The molecule has 1 aromatic carbocycles. The number of nitrogens with zero attached hydrogens (tertiary/aromatic N) is 3. The Morgan fingerprint density at radius 1 is 1.37 bits per heavy atom. The van der Waals surface area contributed by atoms with Crippen LogP contribution in [0.25, 0.3) is 0 Å². The van der Waals surface area contributed by atoms with Crippen molar-refractivity contribution in [3.05, 3.63) is 29.5 Å². The number of quaternary nitrogens is 1. The molecule has 144 valence electrons. The molecule has 0 aliphatic heterocycles. The smallest absolute Gasteiger partial charge is 0.221 e. The van der Waals surface area contributed by atoms with Crippen molar-refractivity contribution in [1.29, 1.82) is 5.26 Å². The summed E-state index contributed by atoms with van der Waals surface area (Å²) in [5.74, 6) is -0.219. The lowest BCUT2D eigenvalue weighted by atomic mass is 10.2. The zero-order valence-electron chi connectivity index (χ0n) is 15.2. The molecule has 0 atom stereocenters. The maximum absolute atomic E-state index is 11.6. The Labute approximate surface area is 161 Å². The molecule has 6 N–H and O–H groups in total. The van der Waals surface area contributed by atoms with E-state index < -0.39 is 0 Å². The lowest BCUT2D eigenvalue weighted by Crippen LogP contribution is -2.82. The van der Waals surface area contributed by atoms with Crippen LogP contribution < -0.4 is 21.1 Å². The molecule has 0 aliphatic rings. The number of benzene rings is 1. The summed E-state index contributed by atoms with van der Waals surface area (Å²) in [7, 11) is 0. The minimum absolute atomic E-state index is 0.0490. The number of aliphatic hydroxyl groups is 2. The van der Waals surface area contributed by atoms with Gasteiger partial charge >= 0.3 is 0 Å². The zero-order chi connectivity index (χ0) is 19.8. The highest BCUT2D eigenvalue weighted by Gasteiger charge is 2.15.